The summed E-state index contributed by atoms with van der Waals surface area (Å²) in [6.45, 7) is 6.54. The number of anilines is 2. The zero-order valence-corrected chi connectivity index (χ0v) is 15.7. The van der Waals surface area contributed by atoms with E-state index in [9.17, 15) is 4.79 Å². The standard InChI is InChI=1S/C21H23N5O/c1-14(2)17-8-4-5-9-18(17)26-21(27)19-11-20(25-15(3)24-19)23-13-16-7-6-10-22-12-16/h4-12,14H,13H2,1-3H3,(H,26,27)(H,23,24,25). The average molecular weight is 361 g/mol. The Morgan fingerprint density at radius 2 is 1.93 bits per heavy atom. The van der Waals surface area contributed by atoms with E-state index in [4.69, 9.17) is 0 Å². The summed E-state index contributed by atoms with van der Waals surface area (Å²) < 4.78 is 0. The van der Waals surface area contributed by atoms with Crippen LogP contribution in [0.4, 0.5) is 11.5 Å². The number of nitrogens with one attached hydrogen (secondary N) is 2. The molecule has 0 fully saturated rings. The van der Waals surface area contributed by atoms with Gasteiger partial charge in [0.1, 0.15) is 17.3 Å². The van der Waals surface area contributed by atoms with Crippen molar-refractivity contribution in [3.05, 3.63) is 77.5 Å². The minimum absolute atomic E-state index is 0.252. The predicted octanol–water partition coefficient (Wildman–Crippen LogP) is 4.17. The molecule has 0 unspecified atom stereocenters. The number of carbonyl (C=O) groups excluding carboxylic acids is 1. The Morgan fingerprint density at radius 3 is 2.67 bits per heavy atom. The first-order chi connectivity index (χ1) is 13.0. The molecule has 6 heteroatoms. The highest BCUT2D eigenvalue weighted by atomic mass is 16.1. The van der Waals surface area contributed by atoms with Gasteiger partial charge in [0.2, 0.25) is 0 Å². The van der Waals surface area contributed by atoms with Gasteiger partial charge in [-0.2, -0.15) is 0 Å². The van der Waals surface area contributed by atoms with Crippen LogP contribution in [-0.2, 0) is 6.54 Å². The van der Waals surface area contributed by atoms with Gasteiger partial charge in [0.15, 0.2) is 0 Å². The van der Waals surface area contributed by atoms with Crippen LogP contribution < -0.4 is 10.6 Å². The lowest BCUT2D eigenvalue weighted by atomic mass is 10.0. The van der Waals surface area contributed by atoms with Crippen molar-refractivity contribution >= 4 is 17.4 Å². The van der Waals surface area contributed by atoms with Gasteiger partial charge in [0.25, 0.3) is 5.91 Å². The average Bonchev–Trinajstić information content (AvgIpc) is 2.67. The van der Waals surface area contributed by atoms with E-state index in [0.717, 1.165) is 16.8 Å². The molecule has 6 nitrogen and oxygen atoms in total. The third-order valence-electron chi connectivity index (χ3n) is 4.10. The number of pyridine rings is 1. The second kappa shape index (κ2) is 8.40. The van der Waals surface area contributed by atoms with Crippen molar-refractivity contribution < 1.29 is 4.79 Å². The van der Waals surface area contributed by atoms with Crippen LogP contribution in [0, 0.1) is 6.92 Å². The van der Waals surface area contributed by atoms with Gasteiger partial charge in [-0.25, -0.2) is 9.97 Å². The predicted molar refractivity (Wildman–Crippen MR) is 107 cm³/mol. The number of hydrogen-bond donors (Lipinski definition) is 2. The topological polar surface area (TPSA) is 79.8 Å². The van der Waals surface area contributed by atoms with Gasteiger partial charge in [-0.05, 0) is 36.1 Å². The van der Waals surface area contributed by atoms with Crippen LogP contribution in [0.25, 0.3) is 0 Å². The number of aryl methyl sites for hydroxylation is 1. The molecular weight excluding hydrogens is 338 g/mol. The number of aromatic nitrogens is 3. The third-order valence-corrected chi connectivity index (χ3v) is 4.10. The maximum Gasteiger partial charge on any atom is 0.274 e. The number of para-hydroxylation sites is 1. The Bertz CT molecular complexity index is 925. The minimum atomic E-state index is -0.252. The summed E-state index contributed by atoms with van der Waals surface area (Å²) in [5, 5.41) is 6.19. The van der Waals surface area contributed by atoms with Crippen molar-refractivity contribution in [3.8, 4) is 0 Å². The largest absolute Gasteiger partial charge is 0.366 e. The Balaban J connectivity index is 1.76. The second-order valence-corrected chi connectivity index (χ2v) is 6.60. The molecule has 0 aliphatic carbocycles. The van der Waals surface area contributed by atoms with E-state index in [1.165, 1.54) is 0 Å². The summed E-state index contributed by atoms with van der Waals surface area (Å²) in [5.74, 6) is 1.20. The van der Waals surface area contributed by atoms with E-state index >= 15 is 0 Å². The summed E-state index contributed by atoms with van der Waals surface area (Å²) in [4.78, 5) is 25.5. The van der Waals surface area contributed by atoms with E-state index in [1.54, 1.807) is 25.4 Å². The first-order valence-corrected chi connectivity index (χ1v) is 8.91. The number of carbonyl (C=O) groups is 1. The molecule has 0 spiro atoms. The molecule has 2 N–H and O–H groups in total. The number of benzene rings is 1. The highest BCUT2D eigenvalue weighted by Gasteiger charge is 2.14. The van der Waals surface area contributed by atoms with Gasteiger partial charge in [-0.1, -0.05) is 38.1 Å². The molecule has 0 aliphatic heterocycles. The number of rotatable bonds is 6. The van der Waals surface area contributed by atoms with Crippen LogP contribution in [-0.4, -0.2) is 20.9 Å². The Kier molecular flexibility index (Phi) is 5.76. The lowest BCUT2D eigenvalue weighted by Crippen LogP contribution is -2.17. The molecule has 0 atom stereocenters. The van der Waals surface area contributed by atoms with Gasteiger partial charge < -0.3 is 10.6 Å². The first-order valence-electron chi connectivity index (χ1n) is 8.91. The van der Waals surface area contributed by atoms with Gasteiger partial charge in [-0.15, -0.1) is 0 Å². The van der Waals surface area contributed by atoms with Crippen LogP contribution >= 0.6 is 0 Å². The lowest BCUT2D eigenvalue weighted by molar-refractivity contribution is 0.102. The summed E-state index contributed by atoms with van der Waals surface area (Å²) in [7, 11) is 0. The minimum Gasteiger partial charge on any atom is -0.366 e. The van der Waals surface area contributed by atoms with Crippen molar-refractivity contribution in [3.63, 3.8) is 0 Å². The van der Waals surface area contributed by atoms with Crippen molar-refractivity contribution in [2.45, 2.75) is 33.2 Å². The summed E-state index contributed by atoms with van der Waals surface area (Å²) in [5.41, 5.74) is 3.26. The Hall–Kier alpha value is -3.28. The first kappa shape index (κ1) is 18.5. The van der Waals surface area contributed by atoms with Crippen LogP contribution in [0.3, 0.4) is 0 Å². The molecule has 3 aromatic rings. The summed E-state index contributed by atoms with van der Waals surface area (Å²) in [6, 6.07) is 13.3. The molecule has 27 heavy (non-hydrogen) atoms. The normalized spacial score (nSPS) is 10.7. The van der Waals surface area contributed by atoms with Crippen LogP contribution in [0.1, 0.15) is 47.2 Å². The zero-order valence-electron chi connectivity index (χ0n) is 15.7. The van der Waals surface area contributed by atoms with Crippen LogP contribution in [0.2, 0.25) is 0 Å². The van der Waals surface area contributed by atoms with Crippen molar-refractivity contribution in [1.82, 2.24) is 15.0 Å². The smallest absolute Gasteiger partial charge is 0.274 e. The van der Waals surface area contributed by atoms with Crippen LogP contribution in [0.5, 0.6) is 0 Å². The van der Waals surface area contributed by atoms with Crippen molar-refractivity contribution in [2.75, 3.05) is 10.6 Å². The Morgan fingerprint density at radius 1 is 1.11 bits per heavy atom. The molecule has 138 valence electrons. The van der Waals surface area contributed by atoms with Gasteiger partial charge in [0.05, 0.1) is 0 Å². The molecule has 1 aromatic carbocycles. The van der Waals surface area contributed by atoms with Crippen molar-refractivity contribution in [1.29, 1.82) is 0 Å². The number of hydrogen-bond acceptors (Lipinski definition) is 5. The number of nitrogens with zero attached hydrogens (tertiary/aromatic N) is 3. The molecule has 2 heterocycles. The fraction of sp³-hybridized carbons (Fsp3) is 0.238. The third kappa shape index (κ3) is 4.88. The molecule has 0 radical (unpaired) electrons. The SMILES string of the molecule is Cc1nc(NCc2cccnc2)cc(C(=O)Nc2ccccc2C(C)C)n1. The molecule has 0 bridgehead atoms. The molecule has 2 aromatic heterocycles. The molecule has 0 saturated heterocycles. The lowest BCUT2D eigenvalue weighted by Gasteiger charge is -2.14. The van der Waals surface area contributed by atoms with E-state index in [-0.39, 0.29) is 5.91 Å². The Labute approximate surface area is 159 Å². The molecule has 0 saturated carbocycles. The molecular formula is C21H23N5O. The quantitative estimate of drug-likeness (QED) is 0.689. The van der Waals surface area contributed by atoms with E-state index in [1.807, 2.05) is 36.4 Å². The fourth-order valence-corrected chi connectivity index (χ4v) is 2.77. The van der Waals surface area contributed by atoms with Gasteiger partial charge in [-0.3, -0.25) is 9.78 Å². The molecule has 1 amide bonds. The maximum absolute atomic E-state index is 12.7. The highest BCUT2D eigenvalue weighted by molar-refractivity contribution is 6.03. The van der Waals surface area contributed by atoms with Crippen molar-refractivity contribution in [2.24, 2.45) is 0 Å². The fourth-order valence-electron chi connectivity index (χ4n) is 2.77. The van der Waals surface area contributed by atoms with Gasteiger partial charge >= 0.3 is 0 Å². The zero-order chi connectivity index (χ0) is 19.2. The highest BCUT2D eigenvalue weighted by Crippen LogP contribution is 2.24. The van der Waals surface area contributed by atoms with E-state index < -0.39 is 0 Å². The molecule has 0 aliphatic rings. The second-order valence-electron chi connectivity index (χ2n) is 6.60. The van der Waals surface area contributed by atoms with Gasteiger partial charge in [0, 0.05) is 30.7 Å². The number of amides is 1. The summed E-state index contributed by atoms with van der Waals surface area (Å²) >= 11 is 0. The summed E-state index contributed by atoms with van der Waals surface area (Å²) in [6.07, 6.45) is 3.52. The maximum atomic E-state index is 12.7. The van der Waals surface area contributed by atoms with Crippen LogP contribution in [0.15, 0.2) is 54.9 Å². The monoisotopic (exact) mass is 361 g/mol. The van der Waals surface area contributed by atoms with E-state index in [0.29, 0.717) is 29.8 Å². The van der Waals surface area contributed by atoms with E-state index in [2.05, 4.69) is 39.4 Å². The molecule has 3 rings (SSSR count).